The fraction of sp³-hybridized carbons (Fsp3) is 0.136. The molecule has 2 heterocycles. The van der Waals surface area contributed by atoms with Crippen LogP contribution in [0.25, 0.3) is 22.2 Å². The van der Waals surface area contributed by atoms with E-state index in [-0.39, 0.29) is 22.9 Å². The van der Waals surface area contributed by atoms with E-state index in [9.17, 15) is 14.9 Å². The molecule has 0 aliphatic rings. The lowest BCUT2D eigenvalue weighted by Gasteiger charge is -2.08. The molecule has 0 saturated carbocycles. The second kappa shape index (κ2) is 8.64. The minimum absolute atomic E-state index is 0.0597. The normalized spacial score (nSPS) is 10.8. The third-order valence-corrected chi connectivity index (χ3v) is 5.17. The summed E-state index contributed by atoms with van der Waals surface area (Å²) >= 11 is 5.83. The predicted molar refractivity (Wildman–Crippen MR) is 121 cm³/mol. The molecular weight excluding hydrogens is 434 g/mol. The van der Waals surface area contributed by atoms with Crippen LogP contribution < -0.4 is 10.1 Å². The van der Waals surface area contributed by atoms with Crippen molar-refractivity contribution in [1.82, 2.24) is 14.8 Å². The molecule has 10 heteroatoms. The number of nitro benzene ring substituents is 1. The van der Waals surface area contributed by atoms with Crippen LogP contribution in [-0.2, 0) is 11.3 Å². The first-order chi connectivity index (χ1) is 15.4. The van der Waals surface area contributed by atoms with Crippen molar-refractivity contribution in [2.75, 3.05) is 12.4 Å². The molecule has 1 N–H and O–H groups in total. The molecule has 2 aromatic carbocycles. The predicted octanol–water partition coefficient (Wildman–Crippen LogP) is 4.62. The topological polar surface area (TPSA) is 112 Å². The highest BCUT2D eigenvalue weighted by Crippen LogP contribution is 2.31. The monoisotopic (exact) mass is 451 g/mol. The number of methoxy groups -OCH3 is 1. The molecule has 0 spiro atoms. The third-order valence-electron chi connectivity index (χ3n) is 4.93. The van der Waals surface area contributed by atoms with E-state index >= 15 is 0 Å². The van der Waals surface area contributed by atoms with Crippen LogP contribution in [0.2, 0.25) is 5.02 Å². The summed E-state index contributed by atoms with van der Waals surface area (Å²) < 4.78 is 6.70. The number of hydrogen-bond acceptors (Lipinski definition) is 6. The van der Waals surface area contributed by atoms with Crippen LogP contribution in [0, 0.1) is 17.0 Å². The fourth-order valence-electron chi connectivity index (χ4n) is 3.49. The zero-order valence-electron chi connectivity index (χ0n) is 17.2. The number of aryl methyl sites for hydroxylation is 1. The van der Waals surface area contributed by atoms with Crippen molar-refractivity contribution in [2.45, 2.75) is 13.5 Å². The Morgan fingerprint density at radius 3 is 2.66 bits per heavy atom. The maximum atomic E-state index is 12.7. The van der Waals surface area contributed by atoms with Crippen molar-refractivity contribution < 1.29 is 14.5 Å². The number of anilines is 1. The molecular formula is C22H18ClN5O4. The molecule has 32 heavy (non-hydrogen) atoms. The second-order valence-electron chi connectivity index (χ2n) is 7.00. The molecule has 0 fully saturated rings. The third kappa shape index (κ3) is 4.10. The molecule has 0 bridgehead atoms. The number of hydrogen-bond donors (Lipinski definition) is 1. The van der Waals surface area contributed by atoms with Gasteiger partial charge in [0.2, 0.25) is 5.91 Å². The molecule has 0 aliphatic carbocycles. The first-order valence-electron chi connectivity index (χ1n) is 9.57. The summed E-state index contributed by atoms with van der Waals surface area (Å²) in [7, 11) is 1.61. The molecule has 0 saturated heterocycles. The first-order valence-corrected chi connectivity index (χ1v) is 9.95. The number of nitrogens with zero attached hydrogens (tertiary/aromatic N) is 4. The summed E-state index contributed by atoms with van der Waals surface area (Å²) in [4.78, 5) is 27.7. The Morgan fingerprint density at radius 1 is 1.22 bits per heavy atom. The average Bonchev–Trinajstić information content (AvgIpc) is 3.10. The zero-order valence-corrected chi connectivity index (χ0v) is 18.0. The number of benzene rings is 2. The number of nitrogens with one attached hydrogen (secondary N) is 1. The largest absolute Gasteiger partial charge is 0.497 e. The second-order valence-corrected chi connectivity index (χ2v) is 7.43. The summed E-state index contributed by atoms with van der Waals surface area (Å²) in [5.41, 5.74) is 2.91. The van der Waals surface area contributed by atoms with E-state index in [0.717, 1.165) is 22.3 Å². The van der Waals surface area contributed by atoms with Crippen LogP contribution in [0.4, 0.5) is 11.4 Å². The van der Waals surface area contributed by atoms with E-state index in [1.807, 2.05) is 37.3 Å². The fourth-order valence-corrected chi connectivity index (χ4v) is 3.66. The van der Waals surface area contributed by atoms with E-state index in [1.54, 1.807) is 13.3 Å². The highest BCUT2D eigenvalue weighted by Gasteiger charge is 2.19. The number of amides is 1. The van der Waals surface area contributed by atoms with Gasteiger partial charge in [-0.2, -0.15) is 5.10 Å². The van der Waals surface area contributed by atoms with Crippen LogP contribution in [0.1, 0.15) is 5.69 Å². The zero-order chi connectivity index (χ0) is 22.8. The van der Waals surface area contributed by atoms with Gasteiger partial charge in [0, 0.05) is 22.7 Å². The molecule has 1 amide bonds. The minimum Gasteiger partial charge on any atom is -0.497 e. The molecule has 2 aromatic heterocycles. The van der Waals surface area contributed by atoms with Gasteiger partial charge in [0.1, 0.15) is 18.0 Å². The molecule has 0 atom stereocenters. The van der Waals surface area contributed by atoms with Crippen molar-refractivity contribution in [1.29, 1.82) is 0 Å². The van der Waals surface area contributed by atoms with Gasteiger partial charge in [0.25, 0.3) is 5.69 Å². The molecule has 4 aromatic rings. The maximum absolute atomic E-state index is 12.7. The van der Waals surface area contributed by atoms with Crippen molar-refractivity contribution in [3.05, 3.63) is 75.6 Å². The number of carbonyl (C=O) groups is 1. The Balaban J connectivity index is 1.65. The number of carbonyl (C=O) groups excluding carboxylic acids is 1. The van der Waals surface area contributed by atoms with Crippen molar-refractivity contribution >= 4 is 39.9 Å². The van der Waals surface area contributed by atoms with E-state index in [2.05, 4.69) is 15.4 Å². The Labute approximate surface area is 187 Å². The lowest BCUT2D eigenvalue weighted by atomic mass is 10.0. The Kier molecular flexibility index (Phi) is 5.74. The number of aromatic nitrogens is 3. The molecule has 4 rings (SSSR count). The lowest BCUT2D eigenvalue weighted by Crippen LogP contribution is -2.20. The van der Waals surface area contributed by atoms with Gasteiger partial charge >= 0.3 is 0 Å². The van der Waals surface area contributed by atoms with Gasteiger partial charge in [-0.3, -0.25) is 14.9 Å². The Morgan fingerprint density at radius 2 is 1.97 bits per heavy atom. The lowest BCUT2D eigenvalue weighted by molar-refractivity contribution is -0.383. The van der Waals surface area contributed by atoms with Crippen LogP contribution in [0.3, 0.4) is 0 Å². The molecule has 0 radical (unpaired) electrons. The number of pyridine rings is 1. The SMILES string of the molecule is COc1ccc(-c2ccnc3c2c(C)nn3CC(=O)Nc2ccc(Cl)cc2[N+](=O)[O-])cc1. The van der Waals surface area contributed by atoms with Gasteiger partial charge < -0.3 is 10.1 Å². The summed E-state index contributed by atoms with van der Waals surface area (Å²) in [5, 5.41) is 19.3. The summed E-state index contributed by atoms with van der Waals surface area (Å²) in [6.45, 7) is 1.68. The highest BCUT2D eigenvalue weighted by atomic mass is 35.5. The van der Waals surface area contributed by atoms with E-state index in [0.29, 0.717) is 11.3 Å². The number of rotatable bonds is 6. The molecule has 0 aliphatic heterocycles. The average molecular weight is 452 g/mol. The quantitative estimate of drug-likeness (QED) is 0.338. The number of nitro groups is 1. The van der Waals surface area contributed by atoms with E-state index < -0.39 is 10.8 Å². The molecule has 9 nitrogen and oxygen atoms in total. The summed E-state index contributed by atoms with van der Waals surface area (Å²) in [6, 6.07) is 13.6. The van der Waals surface area contributed by atoms with Crippen molar-refractivity contribution in [2.24, 2.45) is 0 Å². The van der Waals surface area contributed by atoms with Crippen LogP contribution >= 0.6 is 11.6 Å². The maximum Gasteiger partial charge on any atom is 0.294 e. The van der Waals surface area contributed by atoms with Crippen molar-refractivity contribution in [3.63, 3.8) is 0 Å². The summed E-state index contributed by atoms with van der Waals surface area (Å²) in [5.74, 6) is 0.274. The standard InChI is InChI=1S/C22H18ClN5O4/c1-13-21-17(14-3-6-16(32-2)7-4-14)9-10-24-22(21)27(26-13)12-20(29)25-18-8-5-15(23)11-19(18)28(30)31/h3-11H,12H2,1-2H3,(H,25,29). The number of ether oxygens (including phenoxy) is 1. The van der Waals surface area contributed by atoms with Crippen LogP contribution in [0.5, 0.6) is 5.75 Å². The van der Waals surface area contributed by atoms with Crippen LogP contribution in [-0.4, -0.2) is 32.7 Å². The van der Waals surface area contributed by atoms with Gasteiger partial charge in [-0.05, 0) is 48.4 Å². The van der Waals surface area contributed by atoms with Gasteiger partial charge in [0.05, 0.1) is 17.7 Å². The summed E-state index contributed by atoms with van der Waals surface area (Å²) in [6.07, 6.45) is 1.65. The Bertz CT molecular complexity index is 1330. The number of fused-ring (bicyclic) bond motifs is 1. The first kappa shape index (κ1) is 21.3. The molecule has 0 unspecified atom stereocenters. The van der Waals surface area contributed by atoms with Gasteiger partial charge in [-0.1, -0.05) is 23.7 Å². The van der Waals surface area contributed by atoms with Gasteiger partial charge in [-0.25, -0.2) is 9.67 Å². The number of halogens is 1. The minimum atomic E-state index is -0.600. The van der Waals surface area contributed by atoms with Gasteiger partial charge in [0.15, 0.2) is 5.65 Å². The van der Waals surface area contributed by atoms with Crippen LogP contribution in [0.15, 0.2) is 54.7 Å². The Hall–Kier alpha value is -3.98. The highest BCUT2D eigenvalue weighted by molar-refractivity contribution is 6.31. The van der Waals surface area contributed by atoms with Gasteiger partial charge in [-0.15, -0.1) is 0 Å². The molecule has 162 valence electrons. The van der Waals surface area contributed by atoms with Crippen molar-refractivity contribution in [3.8, 4) is 16.9 Å². The smallest absolute Gasteiger partial charge is 0.294 e. The van der Waals surface area contributed by atoms with E-state index in [1.165, 1.54) is 22.9 Å². The van der Waals surface area contributed by atoms with E-state index in [4.69, 9.17) is 16.3 Å².